The van der Waals surface area contributed by atoms with Crippen LogP contribution < -0.4 is 19.5 Å². The van der Waals surface area contributed by atoms with Crippen LogP contribution in [-0.4, -0.2) is 50.1 Å². The molecule has 2 amide bonds. The highest BCUT2D eigenvalue weighted by Gasteiger charge is 2.28. The fourth-order valence-electron chi connectivity index (χ4n) is 3.09. The molecule has 0 aromatic heterocycles. The second-order valence-corrected chi connectivity index (χ2v) is 6.80. The molecule has 7 nitrogen and oxygen atoms in total. The number of rotatable bonds is 11. The molecule has 8 heteroatoms. The van der Waals surface area contributed by atoms with Crippen LogP contribution in [0.2, 0.25) is 0 Å². The van der Waals surface area contributed by atoms with Gasteiger partial charge in [-0.2, -0.15) is 0 Å². The SMILES string of the molecule is CCNC(=O)C(CC)N(Cc1ccc(F)cc1)C(=O)COc1cc(OC)cc(OC)c1. The summed E-state index contributed by atoms with van der Waals surface area (Å²) in [6, 6.07) is 10.1. The topological polar surface area (TPSA) is 77.1 Å². The molecule has 1 unspecified atom stereocenters. The first-order valence-electron chi connectivity index (χ1n) is 10.1. The van der Waals surface area contributed by atoms with Gasteiger partial charge < -0.3 is 24.4 Å². The summed E-state index contributed by atoms with van der Waals surface area (Å²) in [4.78, 5) is 27.1. The van der Waals surface area contributed by atoms with E-state index in [1.54, 1.807) is 30.3 Å². The molecule has 168 valence electrons. The number of benzene rings is 2. The summed E-state index contributed by atoms with van der Waals surface area (Å²) in [5.41, 5.74) is 0.709. The van der Waals surface area contributed by atoms with Crippen LogP contribution in [0.4, 0.5) is 4.39 Å². The molecule has 0 fully saturated rings. The van der Waals surface area contributed by atoms with Crippen LogP contribution in [-0.2, 0) is 16.1 Å². The van der Waals surface area contributed by atoms with Crippen molar-refractivity contribution >= 4 is 11.8 Å². The van der Waals surface area contributed by atoms with Crippen LogP contribution in [0.25, 0.3) is 0 Å². The first kappa shape index (κ1) is 24.0. The molecule has 2 aromatic carbocycles. The fraction of sp³-hybridized carbons (Fsp3) is 0.391. The predicted molar refractivity (Wildman–Crippen MR) is 115 cm³/mol. The first-order chi connectivity index (χ1) is 14.9. The van der Waals surface area contributed by atoms with Crippen molar-refractivity contribution in [3.05, 3.63) is 53.8 Å². The highest BCUT2D eigenvalue weighted by atomic mass is 19.1. The molecule has 0 aliphatic heterocycles. The van der Waals surface area contributed by atoms with Gasteiger partial charge in [-0.1, -0.05) is 19.1 Å². The number of amides is 2. The van der Waals surface area contributed by atoms with Crippen LogP contribution in [0, 0.1) is 5.82 Å². The maximum atomic E-state index is 13.3. The summed E-state index contributed by atoms with van der Waals surface area (Å²) in [6.45, 7) is 3.97. The van der Waals surface area contributed by atoms with Crippen LogP contribution in [0.3, 0.4) is 0 Å². The number of nitrogens with one attached hydrogen (secondary N) is 1. The number of nitrogens with zero attached hydrogens (tertiary/aromatic N) is 1. The van der Waals surface area contributed by atoms with Gasteiger partial charge in [0.25, 0.3) is 5.91 Å². The van der Waals surface area contributed by atoms with Gasteiger partial charge in [-0.15, -0.1) is 0 Å². The third-order valence-electron chi connectivity index (χ3n) is 4.69. The summed E-state index contributed by atoms with van der Waals surface area (Å²) in [7, 11) is 3.04. The molecular formula is C23H29FN2O5. The van der Waals surface area contributed by atoms with E-state index in [-0.39, 0.29) is 30.8 Å². The third-order valence-corrected chi connectivity index (χ3v) is 4.69. The lowest BCUT2D eigenvalue weighted by Crippen LogP contribution is -2.50. The van der Waals surface area contributed by atoms with E-state index in [2.05, 4.69) is 5.32 Å². The van der Waals surface area contributed by atoms with E-state index in [0.29, 0.717) is 35.8 Å². The Morgan fingerprint density at radius 1 is 1.00 bits per heavy atom. The van der Waals surface area contributed by atoms with E-state index in [4.69, 9.17) is 14.2 Å². The minimum absolute atomic E-state index is 0.152. The lowest BCUT2D eigenvalue weighted by molar-refractivity contribution is -0.142. The molecule has 1 atom stereocenters. The lowest BCUT2D eigenvalue weighted by atomic mass is 10.1. The molecule has 2 aromatic rings. The van der Waals surface area contributed by atoms with Crippen LogP contribution in [0.15, 0.2) is 42.5 Å². The van der Waals surface area contributed by atoms with E-state index in [0.717, 1.165) is 0 Å². The normalized spacial score (nSPS) is 11.4. The average molecular weight is 432 g/mol. The molecular weight excluding hydrogens is 403 g/mol. The van der Waals surface area contributed by atoms with Crippen LogP contribution >= 0.6 is 0 Å². The largest absolute Gasteiger partial charge is 0.496 e. The van der Waals surface area contributed by atoms with Gasteiger partial charge in [0.15, 0.2) is 6.61 Å². The number of hydrogen-bond acceptors (Lipinski definition) is 5. The van der Waals surface area contributed by atoms with Crippen LogP contribution in [0.1, 0.15) is 25.8 Å². The average Bonchev–Trinajstić information content (AvgIpc) is 2.78. The number of carbonyl (C=O) groups is 2. The standard InChI is InChI=1S/C23H29FN2O5/c1-5-21(23(28)25-6-2)26(14-16-7-9-17(24)10-8-16)22(27)15-31-20-12-18(29-3)11-19(13-20)30-4/h7-13,21H,5-6,14-15H2,1-4H3,(H,25,28). The Kier molecular flexibility index (Phi) is 9.12. The monoisotopic (exact) mass is 432 g/mol. The maximum absolute atomic E-state index is 13.3. The molecule has 31 heavy (non-hydrogen) atoms. The zero-order valence-electron chi connectivity index (χ0n) is 18.3. The number of likely N-dealkylation sites (N-methyl/N-ethyl adjacent to an activating group) is 1. The summed E-state index contributed by atoms with van der Waals surface area (Å²) in [5, 5.41) is 2.76. The van der Waals surface area contributed by atoms with E-state index in [1.165, 1.54) is 31.3 Å². The Morgan fingerprint density at radius 2 is 1.58 bits per heavy atom. The van der Waals surface area contributed by atoms with Gasteiger partial charge in [-0.25, -0.2) is 4.39 Å². The van der Waals surface area contributed by atoms with E-state index < -0.39 is 6.04 Å². The van der Waals surface area contributed by atoms with Gasteiger partial charge in [-0.3, -0.25) is 9.59 Å². The zero-order valence-corrected chi connectivity index (χ0v) is 18.3. The molecule has 2 rings (SSSR count). The van der Waals surface area contributed by atoms with Gasteiger partial charge in [0, 0.05) is 31.3 Å². The second-order valence-electron chi connectivity index (χ2n) is 6.80. The molecule has 0 bridgehead atoms. The van der Waals surface area contributed by atoms with E-state index in [9.17, 15) is 14.0 Å². The Bertz CT molecular complexity index is 851. The van der Waals surface area contributed by atoms with Gasteiger partial charge in [0.2, 0.25) is 5.91 Å². The second kappa shape index (κ2) is 11.8. The van der Waals surface area contributed by atoms with Crippen molar-refractivity contribution in [1.29, 1.82) is 0 Å². The molecule has 0 aliphatic rings. The minimum atomic E-state index is -0.680. The van der Waals surface area contributed by atoms with Crippen molar-refractivity contribution in [3.8, 4) is 17.2 Å². The number of hydrogen-bond donors (Lipinski definition) is 1. The van der Waals surface area contributed by atoms with Gasteiger partial charge in [0.05, 0.1) is 14.2 Å². The Labute approximate surface area is 182 Å². The Balaban J connectivity index is 2.22. The van der Waals surface area contributed by atoms with Gasteiger partial charge in [-0.05, 0) is 31.0 Å². The van der Waals surface area contributed by atoms with E-state index in [1.807, 2.05) is 13.8 Å². The summed E-state index contributed by atoms with van der Waals surface area (Å²) >= 11 is 0. The fourth-order valence-corrected chi connectivity index (χ4v) is 3.09. The quantitative estimate of drug-likeness (QED) is 0.590. The van der Waals surface area contributed by atoms with Gasteiger partial charge >= 0.3 is 0 Å². The van der Waals surface area contributed by atoms with Gasteiger partial charge in [0.1, 0.15) is 29.1 Å². The summed E-state index contributed by atoms with van der Waals surface area (Å²) < 4.78 is 29.4. The van der Waals surface area contributed by atoms with Crippen molar-refractivity contribution < 1.29 is 28.2 Å². The summed E-state index contributed by atoms with van der Waals surface area (Å²) in [5.74, 6) is 0.468. The first-order valence-corrected chi connectivity index (χ1v) is 10.1. The van der Waals surface area contributed by atoms with Crippen molar-refractivity contribution in [2.24, 2.45) is 0 Å². The molecule has 1 N–H and O–H groups in total. The number of methoxy groups -OCH3 is 2. The summed E-state index contributed by atoms with van der Waals surface area (Å²) in [6.07, 6.45) is 0.422. The highest BCUT2D eigenvalue weighted by Crippen LogP contribution is 2.27. The van der Waals surface area contributed by atoms with Crippen molar-refractivity contribution in [3.63, 3.8) is 0 Å². The molecule has 0 spiro atoms. The minimum Gasteiger partial charge on any atom is -0.496 e. The van der Waals surface area contributed by atoms with Crippen molar-refractivity contribution in [1.82, 2.24) is 10.2 Å². The molecule has 0 saturated heterocycles. The number of ether oxygens (including phenoxy) is 3. The number of halogens is 1. The zero-order chi connectivity index (χ0) is 22.8. The molecule has 0 radical (unpaired) electrons. The van der Waals surface area contributed by atoms with Crippen molar-refractivity contribution in [2.45, 2.75) is 32.9 Å². The highest BCUT2D eigenvalue weighted by molar-refractivity contribution is 5.88. The Morgan fingerprint density at radius 3 is 2.10 bits per heavy atom. The third kappa shape index (κ3) is 6.87. The Hall–Kier alpha value is -3.29. The van der Waals surface area contributed by atoms with Crippen LogP contribution in [0.5, 0.6) is 17.2 Å². The number of carbonyl (C=O) groups excluding carboxylic acids is 2. The smallest absolute Gasteiger partial charge is 0.261 e. The lowest BCUT2D eigenvalue weighted by Gasteiger charge is -2.30. The molecule has 0 heterocycles. The molecule has 0 saturated carbocycles. The predicted octanol–water partition coefficient (Wildman–Crippen LogP) is 3.17. The van der Waals surface area contributed by atoms with Crippen molar-refractivity contribution in [2.75, 3.05) is 27.4 Å². The maximum Gasteiger partial charge on any atom is 0.261 e. The van der Waals surface area contributed by atoms with E-state index >= 15 is 0 Å². The molecule has 0 aliphatic carbocycles.